The van der Waals surface area contributed by atoms with Crippen molar-refractivity contribution in [3.05, 3.63) is 24.3 Å². The van der Waals surface area contributed by atoms with E-state index in [-0.39, 0.29) is 18.8 Å². The van der Waals surface area contributed by atoms with Crippen LogP contribution in [0.25, 0.3) is 0 Å². The average molecular weight is 257 g/mol. The van der Waals surface area contributed by atoms with E-state index in [0.29, 0.717) is 6.42 Å². The van der Waals surface area contributed by atoms with Crippen LogP contribution in [0.15, 0.2) is 29.2 Å². The van der Waals surface area contributed by atoms with Gasteiger partial charge in [0.05, 0.1) is 0 Å². The number of benzene rings is 1. The molecule has 4 heteroatoms. The van der Waals surface area contributed by atoms with Gasteiger partial charge in [0.25, 0.3) is 0 Å². The van der Waals surface area contributed by atoms with Crippen molar-refractivity contribution < 1.29 is 8.78 Å². The smallest absolute Gasteiger partial charge is 0.248 e. The number of hydrogen-bond acceptors (Lipinski definition) is 2. The molecule has 0 aliphatic heterocycles. The first-order chi connectivity index (χ1) is 8.05. The van der Waals surface area contributed by atoms with Crippen LogP contribution in [-0.4, -0.2) is 11.7 Å². The highest BCUT2D eigenvalue weighted by atomic mass is 32.2. The van der Waals surface area contributed by atoms with Crippen molar-refractivity contribution in [3.63, 3.8) is 0 Å². The van der Waals surface area contributed by atoms with E-state index in [1.165, 1.54) is 0 Å². The molecule has 0 aromatic heterocycles. The molecule has 2 rings (SSSR count). The molecule has 0 heterocycles. The van der Waals surface area contributed by atoms with Gasteiger partial charge < -0.3 is 5.73 Å². The zero-order valence-corrected chi connectivity index (χ0v) is 10.5. The molecule has 1 aliphatic rings. The monoisotopic (exact) mass is 257 g/mol. The van der Waals surface area contributed by atoms with Crippen LogP contribution in [0, 0.1) is 5.92 Å². The van der Waals surface area contributed by atoms with Crippen molar-refractivity contribution >= 4 is 17.4 Å². The maximum Gasteiger partial charge on any atom is 0.248 e. The predicted octanol–water partition coefficient (Wildman–Crippen LogP) is 4.19. The Morgan fingerprint density at radius 2 is 2.24 bits per heavy atom. The molecular formula is C13H17F2NS. The second-order valence-electron chi connectivity index (χ2n) is 4.70. The van der Waals surface area contributed by atoms with Gasteiger partial charge >= 0.3 is 0 Å². The van der Waals surface area contributed by atoms with Crippen LogP contribution in [0.5, 0.6) is 0 Å². The molecule has 0 bridgehead atoms. The Labute approximate surface area is 105 Å². The molecule has 1 fully saturated rings. The summed E-state index contributed by atoms with van der Waals surface area (Å²) in [6.45, 7) is 0. The van der Waals surface area contributed by atoms with E-state index >= 15 is 0 Å². The van der Waals surface area contributed by atoms with Gasteiger partial charge in [0, 0.05) is 29.2 Å². The van der Waals surface area contributed by atoms with Crippen LogP contribution in [0.3, 0.4) is 0 Å². The fraction of sp³-hybridized carbons (Fsp3) is 0.538. The number of nitrogens with two attached hydrogens (primary N) is 1. The van der Waals surface area contributed by atoms with Gasteiger partial charge in [0.15, 0.2) is 0 Å². The van der Waals surface area contributed by atoms with E-state index in [1.54, 1.807) is 11.8 Å². The minimum absolute atomic E-state index is 0.0440. The second-order valence-corrected chi connectivity index (χ2v) is 5.80. The summed E-state index contributed by atoms with van der Waals surface area (Å²) in [4.78, 5) is 1.07. The Hall–Kier alpha value is -0.770. The minimum Gasteiger partial charge on any atom is -0.399 e. The number of alkyl halides is 2. The van der Waals surface area contributed by atoms with E-state index < -0.39 is 5.92 Å². The first-order valence-corrected chi connectivity index (χ1v) is 6.90. The molecule has 1 aromatic rings. The molecule has 0 saturated heterocycles. The third kappa shape index (κ3) is 3.87. The van der Waals surface area contributed by atoms with Gasteiger partial charge in [-0.2, -0.15) is 0 Å². The quantitative estimate of drug-likeness (QED) is 0.649. The van der Waals surface area contributed by atoms with E-state index in [2.05, 4.69) is 0 Å². The number of nitrogen functional groups attached to an aromatic ring is 1. The Balaban J connectivity index is 1.86. The third-order valence-electron chi connectivity index (χ3n) is 3.09. The van der Waals surface area contributed by atoms with Gasteiger partial charge in [-0.1, -0.05) is 6.07 Å². The lowest BCUT2D eigenvalue weighted by molar-refractivity contribution is -0.0487. The molecule has 1 atom stereocenters. The van der Waals surface area contributed by atoms with E-state index in [0.717, 1.165) is 22.8 Å². The van der Waals surface area contributed by atoms with Crippen LogP contribution in [0.1, 0.15) is 25.7 Å². The second kappa shape index (κ2) is 5.25. The fourth-order valence-electron chi connectivity index (χ4n) is 2.24. The summed E-state index contributed by atoms with van der Waals surface area (Å²) in [6, 6.07) is 7.60. The topological polar surface area (TPSA) is 26.0 Å². The summed E-state index contributed by atoms with van der Waals surface area (Å²) in [7, 11) is 0. The van der Waals surface area contributed by atoms with Crippen LogP contribution in [0.4, 0.5) is 14.5 Å². The Kier molecular flexibility index (Phi) is 3.92. The number of anilines is 1. The lowest BCUT2D eigenvalue weighted by Gasteiger charge is -2.28. The third-order valence-corrected chi connectivity index (χ3v) is 4.31. The van der Waals surface area contributed by atoms with Gasteiger partial charge in [-0.05, 0) is 37.0 Å². The molecule has 0 radical (unpaired) electrons. The predicted molar refractivity (Wildman–Crippen MR) is 68.5 cm³/mol. The largest absolute Gasteiger partial charge is 0.399 e. The van der Waals surface area contributed by atoms with Gasteiger partial charge in [-0.15, -0.1) is 11.8 Å². The number of thioether (sulfide) groups is 1. The fourth-order valence-corrected chi connectivity index (χ4v) is 3.34. The molecule has 0 spiro atoms. The van der Waals surface area contributed by atoms with Crippen molar-refractivity contribution in [3.8, 4) is 0 Å². The molecule has 1 saturated carbocycles. The van der Waals surface area contributed by atoms with Crippen molar-refractivity contribution in [1.29, 1.82) is 0 Å². The van der Waals surface area contributed by atoms with Gasteiger partial charge in [0.1, 0.15) is 0 Å². The maximum absolute atomic E-state index is 13.2. The number of halogens is 2. The molecule has 2 N–H and O–H groups in total. The molecule has 1 unspecified atom stereocenters. The molecular weight excluding hydrogens is 240 g/mol. The van der Waals surface area contributed by atoms with Crippen molar-refractivity contribution in [2.45, 2.75) is 36.5 Å². The van der Waals surface area contributed by atoms with Crippen LogP contribution < -0.4 is 5.73 Å². The Bertz CT molecular complexity index is 381. The lowest BCUT2D eigenvalue weighted by Crippen LogP contribution is -2.27. The normalized spacial score (nSPS) is 23.5. The molecule has 1 nitrogen and oxygen atoms in total. The zero-order valence-electron chi connectivity index (χ0n) is 9.66. The molecule has 94 valence electrons. The average Bonchev–Trinajstić information content (AvgIpc) is 2.25. The summed E-state index contributed by atoms with van der Waals surface area (Å²) in [6.07, 6.45) is 1.68. The number of hydrogen-bond donors (Lipinski definition) is 1. The highest BCUT2D eigenvalue weighted by molar-refractivity contribution is 7.99. The SMILES string of the molecule is Nc1cccc(SCC2CCCC(F)(F)C2)c1. The number of rotatable bonds is 3. The Morgan fingerprint density at radius 3 is 2.94 bits per heavy atom. The summed E-state index contributed by atoms with van der Waals surface area (Å²) in [5.74, 6) is -1.55. The summed E-state index contributed by atoms with van der Waals surface area (Å²) in [5, 5.41) is 0. The molecule has 1 aliphatic carbocycles. The van der Waals surface area contributed by atoms with E-state index in [4.69, 9.17) is 5.73 Å². The maximum atomic E-state index is 13.2. The van der Waals surface area contributed by atoms with Crippen LogP contribution >= 0.6 is 11.8 Å². The van der Waals surface area contributed by atoms with Crippen LogP contribution in [-0.2, 0) is 0 Å². The van der Waals surface area contributed by atoms with Gasteiger partial charge in [0.2, 0.25) is 5.92 Å². The molecule has 0 amide bonds. The zero-order chi connectivity index (χ0) is 12.3. The standard InChI is InChI=1S/C13H17F2NS/c14-13(15)6-2-3-10(8-13)9-17-12-5-1-4-11(16)7-12/h1,4-5,7,10H,2-3,6,8-9,16H2. The first kappa shape index (κ1) is 12.7. The Morgan fingerprint density at radius 1 is 1.41 bits per heavy atom. The summed E-state index contributed by atoms with van der Waals surface area (Å²) >= 11 is 1.63. The van der Waals surface area contributed by atoms with Crippen molar-refractivity contribution in [2.75, 3.05) is 11.5 Å². The van der Waals surface area contributed by atoms with Crippen LogP contribution in [0.2, 0.25) is 0 Å². The van der Waals surface area contributed by atoms with Crippen molar-refractivity contribution in [2.24, 2.45) is 5.92 Å². The highest BCUT2D eigenvalue weighted by Gasteiger charge is 2.35. The first-order valence-electron chi connectivity index (χ1n) is 5.91. The molecule has 17 heavy (non-hydrogen) atoms. The van der Waals surface area contributed by atoms with Gasteiger partial charge in [-0.3, -0.25) is 0 Å². The highest BCUT2D eigenvalue weighted by Crippen LogP contribution is 2.38. The van der Waals surface area contributed by atoms with E-state index in [9.17, 15) is 8.78 Å². The van der Waals surface area contributed by atoms with Gasteiger partial charge in [-0.25, -0.2) is 8.78 Å². The minimum atomic E-state index is -2.45. The summed E-state index contributed by atoms with van der Waals surface area (Å²) in [5.41, 5.74) is 6.40. The van der Waals surface area contributed by atoms with E-state index in [1.807, 2.05) is 24.3 Å². The van der Waals surface area contributed by atoms with Crippen molar-refractivity contribution in [1.82, 2.24) is 0 Å². The molecule has 1 aromatic carbocycles. The lowest BCUT2D eigenvalue weighted by atomic mass is 9.88. The summed E-state index contributed by atoms with van der Waals surface area (Å²) < 4.78 is 26.4.